The van der Waals surface area contributed by atoms with Gasteiger partial charge >= 0.3 is 0 Å². The number of rotatable bonds is 1. The number of aliphatic imine (C=N–C) groups is 1. The zero-order chi connectivity index (χ0) is 13.0. The Kier molecular flexibility index (Phi) is 2.65. The molecule has 0 amide bonds. The number of hydrogen-bond acceptors (Lipinski definition) is 4. The Hall–Kier alpha value is -0.970. The van der Waals surface area contributed by atoms with Crippen molar-refractivity contribution in [2.45, 2.75) is 6.92 Å². The van der Waals surface area contributed by atoms with Crippen LogP contribution in [-0.4, -0.2) is 23.2 Å². The van der Waals surface area contributed by atoms with E-state index in [1.807, 2.05) is 6.07 Å². The molecular weight excluding hydrogens is 296 g/mol. The lowest BCUT2D eigenvalue weighted by Gasteiger charge is -2.18. The molecule has 4 rings (SSSR count). The summed E-state index contributed by atoms with van der Waals surface area (Å²) < 4.78 is 1.31. The van der Waals surface area contributed by atoms with E-state index in [1.54, 1.807) is 23.1 Å². The Morgan fingerprint density at radius 2 is 2.26 bits per heavy atom. The van der Waals surface area contributed by atoms with Crippen LogP contribution in [0.4, 0.5) is 0 Å². The highest BCUT2D eigenvalue weighted by molar-refractivity contribution is 8.17. The molecule has 2 nitrogen and oxygen atoms in total. The van der Waals surface area contributed by atoms with Gasteiger partial charge < -0.3 is 4.90 Å². The number of hydrogen-bond donors (Lipinski definition) is 0. The highest BCUT2D eigenvalue weighted by Crippen LogP contribution is 2.44. The molecule has 2 aliphatic rings. The molecule has 0 atom stereocenters. The van der Waals surface area contributed by atoms with Crippen molar-refractivity contribution in [2.24, 2.45) is 4.99 Å². The molecule has 0 N–H and O–H groups in total. The maximum absolute atomic E-state index is 6.28. The summed E-state index contributed by atoms with van der Waals surface area (Å²) in [5.41, 5.74) is 2.53. The molecule has 0 radical (unpaired) electrons. The minimum absolute atomic E-state index is 0.802. The second kappa shape index (κ2) is 4.27. The third-order valence-corrected chi connectivity index (χ3v) is 5.63. The van der Waals surface area contributed by atoms with Gasteiger partial charge in [0.1, 0.15) is 0 Å². The molecule has 5 heteroatoms. The third-order valence-electron chi connectivity index (χ3n) is 3.42. The largest absolute Gasteiger partial charge is 0.318 e. The van der Waals surface area contributed by atoms with E-state index in [0.29, 0.717) is 0 Å². The van der Waals surface area contributed by atoms with Gasteiger partial charge in [-0.2, -0.15) is 0 Å². The van der Waals surface area contributed by atoms with E-state index in [1.165, 1.54) is 26.3 Å². The number of thiophene rings is 1. The van der Waals surface area contributed by atoms with Crippen molar-refractivity contribution in [3.63, 3.8) is 0 Å². The fourth-order valence-electron chi connectivity index (χ4n) is 2.65. The van der Waals surface area contributed by atoms with Crippen molar-refractivity contribution < 1.29 is 0 Å². The van der Waals surface area contributed by atoms with Gasteiger partial charge in [0.2, 0.25) is 0 Å². The van der Waals surface area contributed by atoms with Crippen molar-refractivity contribution in [3.8, 4) is 0 Å². The molecule has 0 saturated carbocycles. The number of thioether (sulfide) groups is 1. The lowest BCUT2D eigenvalue weighted by Crippen LogP contribution is -2.20. The van der Waals surface area contributed by atoms with E-state index < -0.39 is 0 Å². The minimum atomic E-state index is 0.802. The number of fused-ring (bicyclic) bond motifs is 2. The molecule has 19 heavy (non-hydrogen) atoms. The van der Waals surface area contributed by atoms with Gasteiger partial charge in [0.25, 0.3) is 0 Å². The maximum Gasteiger partial charge on any atom is 0.168 e. The highest BCUT2D eigenvalue weighted by atomic mass is 35.5. The van der Waals surface area contributed by atoms with E-state index in [0.717, 1.165) is 23.3 Å². The van der Waals surface area contributed by atoms with E-state index in [2.05, 4.69) is 34.3 Å². The summed E-state index contributed by atoms with van der Waals surface area (Å²) in [7, 11) is 0. The van der Waals surface area contributed by atoms with Crippen LogP contribution in [0.2, 0.25) is 5.02 Å². The summed E-state index contributed by atoms with van der Waals surface area (Å²) in [6, 6.07) is 6.25. The van der Waals surface area contributed by atoms with Crippen LogP contribution in [0.5, 0.6) is 0 Å². The topological polar surface area (TPSA) is 15.6 Å². The molecular formula is C14H11ClN2S2. The average molecular weight is 307 g/mol. The van der Waals surface area contributed by atoms with Crippen molar-refractivity contribution in [1.82, 2.24) is 4.90 Å². The van der Waals surface area contributed by atoms with E-state index >= 15 is 0 Å². The Morgan fingerprint density at radius 1 is 1.37 bits per heavy atom. The molecule has 0 fully saturated rings. The Balaban J connectivity index is 1.97. The zero-order valence-electron chi connectivity index (χ0n) is 10.3. The zero-order valence-corrected chi connectivity index (χ0v) is 12.7. The molecule has 0 aliphatic carbocycles. The predicted octanol–water partition coefficient (Wildman–Crippen LogP) is 4.66. The van der Waals surface area contributed by atoms with E-state index in [-0.39, 0.29) is 0 Å². The minimum Gasteiger partial charge on any atom is -0.318 e. The van der Waals surface area contributed by atoms with Gasteiger partial charge in [-0.25, -0.2) is 0 Å². The first-order valence-corrected chi connectivity index (χ1v) is 8.19. The number of amidine groups is 1. The number of nitrogens with zero attached hydrogens (tertiary/aromatic N) is 2. The van der Waals surface area contributed by atoms with Gasteiger partial charge in [0.15, 0.2) is 5.17 Å². The molecule has 0 bridgehead atoms. The summed E-state index contributed by atoms with van der Waals surface area (Å²) >= 11 is 9.83. The summed E-state index contributed by atoms with van der Waals surface area (Å²) in [5, 5.41) is 5.29. The van der Waals surface area contributed by atoms with E-state index in [9.17, 15) is 0 Å². The Bertz CT molecular complexity index is 745. The third kappa shape index (κ3) is 1.74. The van der Waals surface area contributed by atoms with Crippen molar-refractivity contribution in [3.05, 3.63) is 39.1 Å². The second-order valence-electron chi connectivity index (χ2n) is 4.62. The van der Waals surface area contributed by atoms with Crippen LogP contribution in [0, 0.1) is 0 Å². The fraction of sp³-hybridized carbons (Fsp3) is 0.214. The van der Waals surface area contributed by atoms with Gasteiger partial charge in [-0.3, -0.25) is 4.99 Å². The van der Waals surface area contributed by atoms with Crippen molar-refractivity contribution >= 4 is 55.7 Å². The monoisotopic (exact) mass is 306 g/mol. The first-order valence-electron chi connectivity index (χ1n) is 6.12. The highest BCUT2D eigenvalue weighted by Gasteiger charge is 2.32. The van der Waals surface area contributed by atoms with Crippen LogP contribution in [-0.2, 0) is 0 Å². The second-order valence-corrected chi connectivity index (χ2v) is 7.15. The summed E-state index contributed by atoms with van der Waals surface area (Å²) in [6.45, 7) is 4.04. The Labute approximate surface area is 124 Å². The van der Waals surface area contributed by atoms with Crippen LogP contribution in [0.3, 0.4) is 0 Å². The molecule has 2 aliphatic heterocycles. The molecule has 3 heterocycles. The molecule has 1 aromatic carbocycles. The Morgan fingerprint density at radius 3 is 3.16 bits per heavy atom. The molecule has 0 unspecified atom stereocenters. The number of allylic oxidation sites excluding steroid dienone is 1. The van der Waals surface area contributed by atoms with E-state index in [4.69, 9.17) is 11.6 Å². The molecule has 2 aromatic rings. The summed E-state index contributed by atoms with van der Waals surface area (Å²) in [5.74, 6) is 0. The standard InChI is InChI=1S/C14H11ClN2S2/c1-8-12(17-4-3-16-14(17)19-8)11-7-10(15)6-9-2-5-18-13(9)11/h2,5-7H,3-4H2,1H3. The van der Waals surface area contributed by atoms with Crippen LogP contribution in [0.1, 0.15) is 12.5 Å². The number of benzene rings is 1. The quantitative estimate of drug-likeness (QED) is 0.761. The average Bonchev–Trinajstić information content (AvgIpc) is 3.02. The van der Waals surface area contributed by atoms with Crippen LogP contribution >= 0.6 is 34.7 Å². The first kappa shape index (κ1) is 11.8. The smallest absolute Gasteiger partial charge is 0.168 e. The van der Waals surface area contributed by atoms with Gasteiger partial charge in [0.05, 0.1) is 12.2 Å². The van der Waals surface area contributed by atoms with Gasteiger partial charge in [-0.05, 0) is 35.9 Å². The normalized spacial score (nSPS) is 18.4. The fourth-order valence-corrected chi connectivity index (χ4v) is 4.82. The summed E-state index contributed by atoms with van der Waals surface area (Å²) in [4.78, 5) is 8.19. The number of halogens is 1. The summed E-state index contributed by atoms with van der Waals surface area (Å²) in [6.07, 6.45) is 0. The van der Waals surface area contributed by atoms with Gasteiger partial charge in [0, 0.05) is 26.7 Å². The predicted molar refractivity (Wildman–Crippen MR) is 86.0 cm³/mol. The van der Waals surface area contributed by atoms with Crippen molar-refractivity contribution in [2.75, 3.05) is 13.1 Å². The van der Waals surface area contributed by atoms with Gasteiger partial charge in [-0.1, -0.05) is 23.4 Å². The molecule has 0 spiro atoms. The molecule has 1 aromatic heterocycles. The lowest BCUT2D eigenvalue weighted by molar-refractivity contribution is 0.648. The van der Waals surface area contributed by atoms with Gasteiger partial charge in [-0.15, -0.1) is 11.3 Å². The molecule has 96 valence electrons. The van der Waals surface area contributed by atoms with Crippen LogP contribution in [0.25, 0.3) is 15.8 Å². The van der Waals surface area contributed by atoms with Crippen LogP contribution in [0.15, 0.2) is 33.5 Å². The van der Waals surface area contributed by atoms with Crippen LogP contribution < -0.4 is 0 Å². The molecule has 0 saturated heterocycles. The first-order chi connectivity index (χ1) is 9.24. The lowest BCUT2D eigenvalue weighted by atomic mass is 10.1. The maximum atomic E-state index is 6.28. The van der Waals surface area contributed by atoms with Crippen molar-refractivity contribution in [1.29, 1.82) is 0 Å². The SMILES string of the molecule is CC1=C(c2cc(Cl)cc3ccsc23)N2CCN=C2S1.